The first-order valence-corrected chi connectivity index (χ1v) is 3.12. The molecular weight excluding hydrogens is 148 g/mol. The molecule has 0 saturated carbocycles. The minimum atomic E-state index is -1.33. The Bertz CT molecular complexity index is 183. The number of carboxylic acids is 1. The van der Waals surface area contributed by atoms with Crippen LogP contribution in [0.1, 0.15) is 13.3 Å². The van der Waals surface area contributed by atoms with Crippen molar-refractivity contribution in [2.45, 2.75) is 13.3 Å². The van der Waals surface area contributed by atoms with Crippen LogP contribution < -0.4 is 5.11 Å². The van der Waals surface area contributed by atoms with E-state index in [0.29, 0.717) is 0 Å². The number of ether oxygens (including phenoxy) is 1. The Balaban J connectivity index is 3.83. The fourth-order valence-corrected chi connectivity index (χ4v) is 0.480. The van der Waals surface area contributed by atoms with Crippen LogP contribution in [0.5, 0.6) is 0 Å². The maximum absolute atomic E-state index is 10.7. The molecule has 0 saturated heterocycles. The number of aliphatic carboxylic acids is 1. The lowest BCUT2D eigenvalue weighted by atomic mass is 10.2. The van der Waals surface area contributed by atoms with E-state index in [1.165, 1.54) is 0 Å². The minimum absolute atomic E-state index is 0.0909. The van der Waals surface area contributed by atoms with Crippen LogP contribution in [0.15, 0.2) is 12.2 Å². The normalized spacial score (nSPS) is 8.82. The monoisotopic (exact) mass is 157 g/mol. The predicted molar refractivity (Wildman–Crippen MR) is 35.4 cm³/mol. The third kappa shape index (κ3) is 4.13. The second kappa shape index (κ2) is 4.49. The Morgan fingerprint density at radius 2 is 2.09 bits per heavy atom. The minimum Gasteiger partial charge on any atom is -0.550 e. The fourth-order valence-electron chi connectivity index (χ4n) is 0.480. The lowest BCUT2D eigenvalue weighted by Crippen LogP contribution is -2.24. The third-order valence-electron chi connectivity index (χ3n) is 0.922. The van der Waals surface area contributed by atoms with Crippen molar-refractivity contribution in [3.05, 3.63) is 12.2 Å². The molecule has 11 heavy (non-hydrogen) atoms. The van der Waals surface area contributed by atoms with Gasteiger partial charge in [0.1, 0.15) is 0 Å². The highest BCUT2D eigenvalue weighted by molar-refractivity contribution is 5.92. The van der Waals surface area contributed by atoms with Crippen LogP contribution in [0.25, 0.3) is 0 Å². The topological polar surface area (TPSA) is 66.4 Å². The smallest absolute Gasteiger partial charge is 0.333 e. The highest BCUT2D eigenvalue weighted by atomic mass is 16.5. The average Bonchev–Trinajstić information content (AvgIpc) is 1.86. The van der Waals surface area contributed by atoms with Crippen LogP contribution in [-0.2, 0) is 14.3 Å². The van der Waals surface area contributed by atoms with Crippen molar-refractivity contribution in [3.8, 4) is 0 Å². The van der Waals surface area contributed by atoms with Gasteiger partial charge in [0.05, 0.1) is 6.61 Å². The van der Waals surface area contributed by atoms with Crippen LogP contribution in [0.3, 0.4) is 0 Å². The second-order valence-corrected chi connectivity index (χ2v) is 1.87. The SMILES string of the molecule is C=C(CC(=O)[O-])C(=O)OCC. The summed E-state index contributed by atoms with van der Waals surface area (Å²) in [5, 5.41) is 9.94. The van der Waals surface area contributed by atoms with E-state index in [1.54, 1.807) is 6.92 Å². The first-order valence-electron chi connectivity index (χ1n) is 3.12. The van der Waals surface area contributed by atoms with Gasteiger partial charge < -0.3 is 14.6 Å². The lowest BCUT2D eigenvalue weighted by Gasteiger charge is -2.04. The first-order chi connectivity index (χ1) is 5.07. The molecule has 0 heterocycles. The molecule has 0 aromatic rings. The summed E-state index contributed by atoms with van der Waals surface area (Å²) < 4.78 is 4.47. The molecule has 0 unspecified atom stereocenters. The molecule has 0 bridgehead atoms. The van der Waals surface area contributed by atoms with E-state index in [1.807, 2.05) is 0 Å². The Hall–Kier alpha value is -1.32. The number of hydrogen-bond donors (Lipinski definition) is 0. The molecule has 4 nitrogen and oxygen atoms in total. The molecule has 0 amide bonds. The molecule has 4 heteroatoms. The van der Waals surface area contributed by atoms with Crippen LogP contribution in [0.4, 0.5) is 0 Å². The third-order valence-corrected chi connectivity index (χ3v) is 0.922. The van der Waals surface area contributed by atoms with Gasteiger partial charge in [-0.25, -0.2) is 4.79 Å². The van der Waals surface area contributed by atoms with E-state index in [-0.39, 0.29) is 12.2 Å². The van der Waals surface area contributed by atoms with Crippen molar-refractivity contribution < 1.29 is 19.4 Å². The van der Waals surface area contributed by atoms with Crippen molar-refractivity contribution in [2.75, 3.05) is 6.61 Å². The average molecular weight is 157 g/mol. The maximum Gasteiger partial charge on any atom is 0.333 e. The fraction of sp³-hybridized carbons (Fsp3) is 0.429. The van der Waals surface area contributed by atoms with Crippen LogP contribution in [0.2, 0.25) is 0 Å². The highest BCUT2D eigenvalue weighted by Crippen LogP contribution is 1.98. The van der Waals surface area contributed by atoms with Crippen molar-refractivity contribution in [3.63, 3.8) is 0 Å². The molecule has 0 radical (unpaired) electrons. The van der Waals surface area contributed by atoms with Crippen molar-refractivity contribution in [1.82, 2.24) is 0 Å². The van der Waals surface area contributed by atoms with Gasteiger partial charge in [0, 0.05) is 18.0 Å². The van der Waals surface area contributed by atoms with Gasteiger partial charge >= 0.3 is 5.97 Å². The molecule has 0 aromatic carbocycles. The van der Waals surface area contributed by atoms with Gasteiger partial charge in [0.2, 0.25) is 0 Å². The number of carbonyl (C=O) groups excluding carboxylic acids is 2. The van der Waals surface area contributed by atoms with Crippen LogP contribution in [0, 0.1) is 0 Å². The summed E-state index contributed by atoms with van der Waals surface area (Å²) in [6.45, 7) is 5.06. The van der Waals surface area contributed by atoms with E-state index in [2.05, 4.69) is 11.3 Å². The van der Waals surface area contributed by atoms with Crippen molar-refractivity contribution in [1.29, 1.82) is 0 Å². The molecule has 0 aromatic heterocycles. The molecule has 0 aliphatic carbocycles. The van der Waals surface area contributed by atoms with E-state index >= 15 is 0 Å². The molecule has 0 rings (SSSR count). The predicted octanol–water partition coefficient (Wildman–Crippen LogP) is -0.754. The number of carboxylic acid groups (broad SMARTS) is 1. The molecule has 0 aliphatic heterocycles. The molecule has 0 fully saturated rings. The zero-order valence-electron chi connectivity index (χ0n) is 6.25. The molecule has 0 spiro atoms. The second-order valence-electron chi connectivity index (χ2n) is 1.87. The Kier molecular flexibility index (Phi) is 3.95. The molecule has 62 valence electrons. The van der Waals surface area contributed by atoms with Gasteiger partial charge in [0.15, 0.2) is 0 Å². The zero-order chi connectivity index (χ0) is 8.85. The summed E-state index contributed by atoms with van der Waals surface area (Å²) in [6.07, 6.45) is -0.473. The molecule has 0 atom stereocenters. The van der Waals surface area contributed by atoms with E-state index < -0.39 is 18.4 Å². The Morgan fingerprint density at radius 3 is 2.45 bits per heavy atom. The summed E-state index contributed by atoms with van der Waals surface area (Å²) in [6, 6.07) is 0. The van der Waals surface area contributed by atoms with E-state index in [0.717, 1.165) is 0 Å². The lowest BCUT2D eigenvalue weighted by molar-refractivity contribution is -0.304. The van der Waals surface area contributed by atoms with Gasteiger partial charge in [-0.05, 0) is 6.92 Å². The molecular formula is C7H9O4-. The number of esters is 1. The van der Waals surface area contributed by atoms with Crippen LogP contribution >= 0.6 is 0 Å². The summed E-state index contributed by atoms with van der Waals surface area (Å²) >= 11 is 0. The molecule has 0 N–H and O–H groups in total. The summed E-state index contributed by atoms with van der Waals surface area (Å²) in [4.78, 5) is 20.6. The summed E-state index contributed by atoms with van der Waals surface area (Å²) in [7, 11) is 0. The largest absolute Gasteiger partial charge is 0.550 e. The summed E-state index contributed by atoms with van der Waals surface area (Å²) in [5.74, 6) is -2.01. The van der Waals surface area contributed by atoms with Crippen molar-refractivity contribution >= 4 is 11.9 Å². The van der Waals surface area contributed by atoms with E-state index in [4.69, 9.17) is 0 Å². The van der Waals surface area contributed by atoms with Gasteiger partial charge in [-0.15, -0.1) is 0 Å². The van der Waals surface area contributed by atoms with Gasteiger partial charge in [-0.1, -0.05) is 6.58 Å². The maximum atomic E-state index is 10.7. The molecule has 0 aliphatic rings. The quantitative estimate of drug-likeness (QED) is 0.397. The number of carbonyl (C=O) groups is 2. The van der Waals surface area contributed by atoms with Gasteiger partial charge in [-0.2, -0.15) is 0 Å². The van der Waals surface area contributed by atoms with Gasteiger partial charge in [0.25, 0.3) is 0 Å². The summed E-state index contributed by atoms with van der Waals surface area (Å²) in [5.41, 5.74) is -0.0909. The highest BCUT2D eigenvalue weighted by Gasteiger charge is 2.06. The van der Waals surface area contributed by atoms with Crippen molar-refractivity contribution in [2.24, 2.45) is 0 Å². The van der Waals surface area contributed by atoms with Crippen LogP contribution in [-0.4, -0.2) is 18.5 Å². The number of hydrogen-bond acceptors (Lipinski definition) is 4. The Morgan fingerprint density at radius 1 is 1.55 bits per heavy atom. The number of rotatable bonds is 4. The van der Waals surface area contributed by atoms with Gasteiger partial charge in [-0.3, -0.25) is 0 Å². The Labute approximate surface area is 64.5 Å². The zero-order valence-corrected chi connectivity index (χ0v) is 6.25. The first kappa shape index (κ1) is 9.68. The van der Waals surface area contributed by atoms with E-state index in [9.17, 15) is 14.7 Å². The standard InChI is InChI=1S/C7H10O4/c1-3-11-7(10)5(2)4-6(8)9/h2-4H2,1H3,(H,8,9)/p-1.